The van der Waals surface area contributed by atoms with E-state index in [1.807, 2.05) is 25.7 Å². The summed E-state index contributed by atoms with van der Waals surface area (Å²) in [5.74, 6) is -0.106. The van der Waals surface area contributed by atoms with Crippen LogP contribution in [0, 0.1) is 0 Å². The van der Waals surface area contributed by atoms with E-state index in [0.717, 1.165) is 6.42 Å². The summed E-state index contributed by atoms with van der Waals surface area (Å²) >= 11 is 18.0. The Hall–Kier alpha value is 0.260. The van der Waals surface area contributed by atoms with Crippen LogP contribution in [0.1, 0.15) is 33.6 Å². The summed E-state index contributed by atoms with van der Waals surface area (Å²) in [4.78, 5) is 13.7. The van der Waals surface area contributed by atoms with Crippen LogP contribution in [-0.4, -0.2) is 46.1 Å². The normalized spacial score (nSPS) is 27.1. The molecule has 1 saturated heterocycles. The Labute approximate surface area is 129 Å². The predicted octanol–water partition coefficient (Wildman–Crippen LogP) is 2.71. The van der Waals surface area contributed by atoms with Gasteiger partial charge in [-0.25, -0.2) is 0 Å². The number of rotatable bonds is 4. The minimum atomic E-state index is -1.57. The molecule has 1 aliphatic heterocycles. The van der Waals surface area contributed by atoms with E-state index in [9.17, 15) is 4.79 Å². The quantitative estimate of drug-likeness (QED) is 0.805. The number of ether oxygens (including phenoxy) is 1. The van der Waals surface area contributed by atoms with E-state index < -0.39 is 9.96 Å². The van der Waals surface area contributed by atoms with Crippen molar-refractivity contribution in [3.8, 4) is 0 Å². The molecule has 1 rings (SSSR count). The van der Waals surface area contributed by atoms with E-state index in [0.29, 0.717) is 19.5 Å². The molecular formula is C12H21Cl3N2O2. The van der Waals surface area contributed by atoms with Crippen LogP contribution in [0.2, 0.25) is 0 Å². The maximum absolute atomic E-state index is 11.8. The first-order chi connectivity index (χ1) is 8.74. The molecule has 112 valence electrons. The molecule has 0 bridgehead atoms. The number of amides is 1. The number of hydrogen-bond donors (Lipinski definition) is 1. The van der Waals surface area contributed by atoms with Crippen LogP contribution in [0.15, 0.2) is 0 Å². The zero-order chi connectivity index (χ0) is 14.6. The summed E-state index contributed by atoms with van der Waals surface area (Å²) in [6, 6.07) is 0. The van der Waals surface area contributed by atoms with E-state index >= 15 is 0 Å². The molecule has 0 aromatic heterocycles. The van der Waals surface area contributed by atoms with Gasteiger partial charge in [0.2, 0.25) is 9.70 Å². The molecule has 1 aliphatic rings. The molecule has 0 aromatic carbocycles. The Morgan fingerprint density at radius 2 is 1.89 bits per heavy atom. The van der Waals surface area contributed by atoms with Crippen LogP contribution in [0.5, 0.6) is 0 Å². The van der Waals surface area contributed by atoms with Crippen LogP contribution in [-0.2, 0) is 9.53 Å². The lowest BCUT2D eigenvalue weighted by Gasteiger charge is -2.42. The van der Waals surface area contributed by atoms with Crippen LogP contribution >= 0.6 is 34.8 Å². The lowest BCUT2D eigenvalue weighted by Crippen LogP contribution is -2.60. The lowest BCUT2D eigenvalue weighted by atomic mass is 10.2. The highest BCUT2D eigenvalue weighted by molar-refractivity contribution is 6.68. The smallest absolute Gasteiger partial charge is 0.223 e. The van der Waals surface area contributed by atoms with E-state index in [1.54, 1.807) is 0 Å². The Kier molecular flexibility index (Phi) is 6.67. The Morgan fingerprint density at radius 3 is 2.32 bits per heavy atom. The van der Waals surface area contributed by atoms with Gasteiger partial charge in [-0.1, -0.05) is 41.7 Å². The second-order valence-electron chi connectivity index (χ2n) is 4.97. The molecule has 1 amide bonds. The highest BCUT2D eigenvalue weighted by Gasteiger charge is 2.40. The summed E-state index contributed by atoms with van der Waals surface area (Å²) in [6.45, 7) is 7.10. The number of carbonyl (C=O) groups excluding carboxylic acids is 1. The Bertz CT molecular complexity index is 300. The van der Waals surface area contributed by atoms with Gasteiger partial charge in [0.25, 0.3) is 0 Å². The molecule has 4 nitrogen and oxygen atoms in total. The van der Waals surface area contributed by atoms with Crippen molar-refractivity contribution in [2.75, 3.05) is 13.1 Å². The minimum absolute atomic E-state index is 0.0432. The number of hydrogen-bond acceptors (Lipinski definition) is 3. The van der Waals surface area contributed by atoms with Gasteiger partial charge in [0.1, 0.15) is 6.17 Å². The first kappa shape index (κ1) is 17.3. The van der Waals surface area contributed by atoms with Crippen molar-refractivity contribution in [1.29, 1.82) is 0 Å². The SMILES string of the molecule is CCCC(=O)N[C@H](N1C[C@@H](C)O[C@@H](C)C1)C(Cl)(Cl)Cl. The maximum Gasteiger partial charge on any atom is 0.223 e. The third-order valence-corrected chi connectivity index (χ3v) is 3.52. The van der Waals surface area contributed by atoms with Gasteiger partial charge in [0, 0.05) is 19.5 Å². The third kappa shape index (κ3) is 5.64. The fourth-order valence-electron chi connectivity index (χ4n) is 2.26. The molecule has 0 aliphatic carbocycles. The molecule has 1 fully saturated rings. The molecule has 0 saturated carbocycles. The molecule has 19 heavy (non-hydrogen) atoms. The van der Waals surface area contributed by atoms with Crippen molar-refractivity contribution < 1.29 is 9.53 Å². The maximum atomic E-state index is 11.8. The van der Waals surface area contributed by atoms with Gasteiger partial charge in [-0.2, -0.15) is 0 Å². The topological polar surface area (TPSA) is 41.6 Å². The average Bonchev–Trinajstić information content (AvgIpc) is 2.23. The van der Waals surface area contributed by atoms with Gasteiger partial charge in [-0.3, -0.25) is 9.69 Å². The number of alkyl halides is 3. The molecule has 0 radical (unpaired) electrons. The van der Waals surface area contributed by atoms with Crippen molar-refractivity contribution in [2.24, 2.45) is 0 Å². The molecule has 0 aromatic rings. The number of nitrogens with one attached hydrogen (secondary N) is 1. The molecular weight excluding hydrogens is 311 g/mol. The summed E-state index contributed by atoms with van der Waals surface area (Å²) in [6.07, 6.45) is 0.634. The highest BCUT2D eigenvalue weighted by atomic mass is 35.6. The average molecular weight is 332 g/mol. The van der Waals surface area contributed by atoms with Crippen LogP contribution in [0.25, 0.3) is 0 Å². The van der Waals surface area contributed by atoms with Crippen LogP contribution < -0.4 is 5.32 Å². The van der Waals surface area contributed by atoms with E-state index in [4.69, 9.17) is 39.5 Å². The standard InChI is InChI=1S/C12H21Cl3N2O2/c1-4-5-10(18)16-11(12(13,14)15)17-6-8(2)19-9(3)7-17/h8-9,11H,4-7H2,1-3H3,(H,16,18)/t8-,9+,11-/m1/s1. The minimum Gasteiger partial charge on any atom is -0.373 e. The third-order valence-electron chi connectivity index (χ3n) is 2.90. The Balaban J connectivity index is 2.76. The molecule has 7 heteroatoms. The fraction of sp³-hybridized carbons (Fsp3) is 0.917. The number of morpholine rings is 1. The largest absolute Gasteiger partial charge is 0.373 e. The van der Waals surface area contributed by atoms with Gasteiger partial charge in [-0.15, -0.1) is 0 Å². The fourth-order valence-corrected chi connectivity index (χ4v) is 2.84. The lowest BCUT2D eigenvalue weighted by molar-refractivity contribution is -0.126. The number of nitrogens with zero attached hydrogens (tertiary/aromatic N) is 1. The molecule has 1 N–H and O–H groups in total. The van der Waals surface area contributed by atoms with E-state index in [-0.39, 0.29) is 18.1 Å². The van der Waals surface area contributed by atoms with Crippen molar-refractivity contribution in [2.45, 2.75) is 55.8 Å². The van der Waals surface area contributed by atoms with E-state index in [1.165, 1.54) is 0 Å². The van der Waals surface area contributed by atoms with Crippen molar-refractivity contribution >= 4 is 40.7 Å². The van der Waals surface area contributed by atoms with E-state index in [2.05, 4.69) is 5.32 Å². The summed E-state index contributed by atoms with van der Waals surface area (Å²) in [5.41, 5.74) is 0. The second kappa shape index (κ2) is 7.32. The van der Waals surface area contributed by atoms with Crippen molar-refractivity contribution in [3.05, 3.63) is 0 Å². The zero-order valence-electron chi connectivity index (χ0n) is 11.5. The molecule has 3 atom stereocenters. The van der Waals surface area contributed by atoms with Crippen LogP contribution in [0.3, 0.4) is 0 Å². The monoisotopic (exact) mass is 330 g/mol. The van der Waals surface area contributed by atoms with Gasteiger partial charge in [-0.05, 0) is 20.3 Å². The summed E-state index contributed by atoms with van der Waals surface area (Å²) in [7, 11) is 0. The summed E-state index contributed by atoms with van der Waals surface area (Å²) < 4.78 is 4.08. The van der Waals surface area contributed by atoms with Crippen molar-refractivity contribution in [1.82, 2.24) is 10.2 Å². The first-order valence-corrected chi connectivity index (χ1v) is 7.63. The Morgan fingerprint density at radius 1 is 1.37 bits per heavy atom. The molecule has 0 spiro atoms. The van der Waals surface area contributed by atoms with Crippen molar-refractivity contribution in [3.63, 3.8) is 0 Å². The first-order valence-electron chi connectivity index (χ1n) is 6.49. The predicted molar refractivity (Wildman–Crippen MR) is 78.7 cm³/mol. The number of carbonyl (C=O) groups is 1. The molecule has 1 heterocycles. The second-order valence-corrected chi connectivity index (χ2v) is 7.34. The van der Waals surface area contributed by atoms with Crippen LogP contribution in [0.4, 0.5) is 0 Å². The van der Waals surface area contributed by atoms with Gasteiger partial charge >= 0.3 is 0 Å². The zero-order valence-corrected chi connectivity index (χ0v) is 13.7. The molecule has 0 unspecified atom stereocenters. The highest BCUT2D eigenvalue weighted by Crippen LogP contribution is 2.33. The summed E-state index contributed by atoms with van der Waals surface area (Å²) in [5, 5.41) is 2.80. The van der Waals surface area contributed by atoms with Gasteiger partial charge in [0.15, 0.2) is 0 Å². The van der Waals surface area contributed by atoms with Gasteiger partial charge in [0.05, 0.1) is 12.2 Å². The number of halogens is 3. The van der Waals surface area contributed by atoms with Gasteiger partial charge < -0.3 is 10.1 Å².